The van der Waals surface area contributed by atoms with Crippen LogP contribution in [0.5, 0.6) is 11.6 Å². The molecule has 1 aromatic carbocycles. The molecule has 2 aromatic rings. The number of benzene rings is 1. The highest BCUT2D eigenvalue weighted by molar-refractivity contribution is 6.34. The summed E-state index contributed by atoms with van der Waals surface area (Å²) in [6, 6.07) is 8.18. The minimum Gasteiger partial charge on any atom is -0.466 e. The number of rotatable bonds is 5. The maximum absolute atomic E-state index is 13.2. The Bertz CT molecular complexity index is 1090. The average Bonchev–Trinajstić information content (AvgIpc) is 2.77. The molecule has 0 bridgehead atoms. The van der Waals surface area contributed by atoms with Gasteiger partial charge in [-0.2, -0.15) is 0 Å². The lowest BCUT2D eigenvalue weighted by Crippen LogP contribution is -2.23. The number of hydrogen-bond acceptors (Lipinski definition) is 4. The SMILES string of the molecule is O=C(c1cccnc1Oc1cc(Cl)ccc1Cl)N1C=COC(CC2=CC=CCC2)=C1. The Balaban J connectivity index is 1.56. The fourth-order valence-electron chi connectivity index (χ4n) is 3.08. The number of halogens is 2. The molecule has 0 radical (unpaired) electrons. The van der Waals surface area contributed by atoms with Gasteiger partial charge in [0.1, 0.15) is 23.3 Å². The average molecular weight is 441 g/mol. The Morgan fingerprint density at radius 3 is 3.00 bits per heavy atom. The summed E-state index contributed by atoms with van der Waals surface area (Å²) < 4.78 is 11.4. The van der Waals surface area contributed by atoms with Crippen LogP contribution in [0.2, 0.25) is 10.0 Å². The van der Waals surface area contributed by atoms with E-state index < -0.39 is 0 Å². The van der Waals surface area contributed by atoms with E-state index in [-0.39, 0.29) is 17.4 Å². The molecular weight excluding hydrogens is 423 g/mol. The molecule has 5 nitrogen and oxygen atoms in total. The second kappa shape index (κ2) is 9.20. The van der Waals surface area contributed by atoms with Crippen molar-refractivity contribution in [1.29, 1.82) is 0 Å². The first-order valence-corrected chi connectivity index (χ1v) is 10.1. The fourth-order valence-corrected chi connectivity index (χ4v) is 3.40. The van der Waals surface area contributed by atoms with Crippen molar-refractivity contribution < 1.29 is 14.3 Å². The summed E-state index contributed by atoms with van der Waals surface area (Å²) in [5, 5.41) is 0.834. The molecule has 1 amide bonds. The van der Waals surface area contributed by atoms with Crippen molar-refractivity contribution in [3.63, 3.8) is 0 Å². The summed E-state index contributed by atoms with van der Waals surface area (Å²) in [6.07, 6.45) is 15.2. The van der Waals surface area contributed by atoms with Crippen LogP contribution in [0.3, 0.4) is 0 Å². The van der Waals surface area contributed by atoms with Crippen LogP contribution < -0.4 is 4.74 Å². The van der Waals surface area contributed by atoms with Crippen molar-refractivity contribution in [3.05, 3.63) is 100 Å². The minimum absolute atomic E-state index is 0.140. The smallest absolute Gasteiger partial charge is 0.267 e. The van der Waals surface area contributed by atoms with Gasteiger partial charge in [-0.05, 0) is 37.1 Å². The van der Waals surface area contributed by atoms with Gasteiger partial charge in [0.25, 0.3) is 5.91 Å². The minimum atomic E-state index is -0.300. The van der Waals surface area contributed by atoms with Gasteiger partial charge in [-0.25, -0.2) is 4.98 Å². The van der Waals surface area contributed by atoms with Crippen molar-refractivity contribution in [2.24, 2.45) is 0 Å². The molecule has 0 spiro atoms. The van der Waals surface area contributed by atoms with Gasteiger partial charge in [0, 0.05) is 29.9 Å². The highest BCUT2D eigenvalue weighted by atomic mass is 35.5. The van der Waals surface area contributed by atoms with E-state index >= 15 is 0 Å². The van der Waals surface area contributed by atoms with Crippen molar-refractivity contribution in [2.75, 3.05) is 0 Å². The van der Waals surface area contributed by atoms with Crippen LogP contribution in [0.25, 0.3) is 0 Å². The zero-order valence-electron chi connectivity index (χ0n) is 15.9. The summed E-state index contributed by atoms with van der Waals surface area (Å²) in [4.78, 5) is 18.8. The van der Waals surface area contributed by atoms with E-state index in [1.807, 2.05) is 6.08 Å². The first-order valence-electron chi connectivity index (χ1n) is 9.39. The number of carbonyl (C=O) groups is 1. The molecule has 7 heteroatoms. The van der Waals surface area contributed by atoms with Gasteiger partial charge in [0.2, 0.25) is 5.88 Å². The Hall–Kier alpha value is -3.02. The van der Waals surface area contributed by atoms with Gasteiger partial charge in [0.15, 0.2) is 0 Å². The van der Waals surface area contributed by atoms with Crippen molar-refractivity contribution >= 4 is 29.1 Å². The number of hydrogen-bond donors (Lipinski definition) is 0. The van der Waals surface area contributed by atoms with Crippen LogP contribution in [-0.2, 0) is 4.74 Å². The molecule has 30 heavy (non-hydrogen) atoms. The molecule has 0 atom stereocenters. The van der Waals surface area contributed by atoms with Gasteiger partial charge in [-0.1, -0.05) is 47.0 Å². The number of pyridine rings is 1. The maximum Gasteiger partial charge on any atom is 0.267 e. The number of amides is 1. The standard InChI is InChI=1S/C23H18Cl2N2O3/c24-17-8-9-20(25)21(14-17)30-22-19(7-4-10-26-22)23(28)27-11-12-29-18(15-27)13-16-5-2-1-3-6-16/h1-2,4-5,7-12,14-15H,3,6,13H2. The molecule has 0 unspecified atom stereocenters. The predicted octanol–water partition coefficient (Wildman–Crippen LogP) is 6.63. The highest BCUT2D eigenvalue weighted by Crippen LogP contribution is 2.33. The van der Waals surface area contributed by atoms with Crippen molar-refractivity contribution in [3.8, 4) is 11.6 Å². The van der Waals surface area contributed by atoms with Crippen LogP contribution >= 0.6 is 23.2 Å². The number of aromatic nitrogens is 1. The fraction of sp³-hybridized carbons (Fsp3) is 0.130. The zero-order valence-corrected chi connectivity index (χ0v) is 17.4. The summed E-state index contributed by atoms with van der Waals surface area (Å²) in [7, 11) is 0. The van der Waals surface area contributed by atoms with Crippen LogP contribution in [0, 0.1) is 0 Å². The van der Waals surface area contributed by atoms with E-state index in [0.29, 0.717) is 28.0 Å². The third kappa shape index (κ3) is 4.75. The van der Waals surface area contributed by atoms with Gasteiger partial charge in [0.05, 0.1) is 11.2 Å². The largest absolute Gasteiger partial charge is 0.466 e. The third-order valence-electron chi connectivity index (χ3n) is 4.56. The summed E-state index contributed by atoms with van der Waals surface area (Å²) >= 11 is 12.2. The molecule has 0 saturated heterocycles. The lowest BCUT2D eigenvalue weighted by Gasteiger charge is -2.21. The molecule has 0 saturated carbocycles. The molecule has 2 heterocycles. The molecule has 1 aliphatic carbocycles. The lowest BCUT2D eigenvalue weighted by molar-refractivity contribution is 0.0850. The van der Waals surface area contributed by atoms with Crippen LogP contribution in [0.15, 0.2) is 84.8 Å². The Labute approximate surface area is 184 Å². The molecule has 4 rings (SSSR count). The first kappa shape index (κ1) is 20.3. The number of nitrogens with zero attached hydrogens (tertiary/aromatic N) is 2. The monoisotopic (exact) mass is 440 g/mol. The predicted molar refractivity (Wildman–Crippen MR) is 116 cm³/mol. The van der Waals surface area contributed by atoms with E-state index in [2.05, 4.69) is 17.1 Å². The Morgan fingerprint density at radius 2 is 2.17 bits per heavy atom. The lowest BCUT2D eigenvalue weighted by atomic mass is 10.0. The molecule has 2 aliphatic rings. The van der Waals surface area contributed by atoms with E-state index in [9.17, 15) is 4.79 Å². The van der Waals surface area contributed by atoms with Crippen LogP contribution in [0.4, 0.5) is 0 Å². The number of carbonyl (C=O) groups excluding carboxylic acids is 1. The topological polar surface area (TPSA) is 51.7 Å². The van der Waals surface area contributed by atoms with Gasteiger partial charge in [-0.3, -0.25) is 9.69 Å². The molecule has 0 N–H and O–H groups in total. The van der Waals surface area contributed by atoms with E-state index in [4.69, 9.17) is 32.7 Å². The van der Waals surface area contributed by atoms with Crippen molar-refractivity contribution in [1.82, 2.24) is 9.88 Å². The molecular formula is C23H18Cl2N2O3. The number of allylic oxidation sites excluding steroid dienone is 4. The summed E-state index contributed by atoms with van der Waals surface area (Å²) in [5.74, 6) is 0.854. The normalized spacial score (nSPS) is 15.3. The Kier molecular flexibility index (Phi) is 6.21. The van der Waals surface area contributed by atoms with Gasteiger partial charge in [-0.15, -0.1) is 0 Å². The van der Waals surface area contributed by atoms with E-state index in [1.165, 1.54) is 16.7 Å². The number of ether oxygens (including phenoxy) is 2. The second-order valence-electron chi connectivity index (χ2n) is 6.71. The highest BCUT2D eigenvalue weighted by Gasteiger charge is 2.22. The Morgan fingerprint density at radius 1 is 1.27 bits per heavy atom. The van der Waals surface area contributed by atoms with E-state index in [0.717, 1.165) is 12.8 Å². The summed E-state index contributed by atoms with van der Waals surface area (Å²) in [6.45, 7) is 0. The molecule has 152 valence electrons. The zero-order chi connectivity index (χ0) is 20.9. The quantitative estimate of drug-likeness (QED) is 0.523. The first-order chi connectivity index (χ1) is 14.6. The van der Waals surface area contributed by atoms with Gasteiger partial charge >= 0.3 is 0 Å². The second-order valence-corrected chi connectivity index (χ2v) is 7.56. The van der Waals surface area contributed by atoms with Gasteiger partial charge < -0.3 is 9.47 Å². The van der Waals surface area contributed by atoms with Crippen LogP contribution in [0.1, 0.15) is 29.6 Å². The maximum atomic E-state index is 13.2. The van der Waals surface area contributed by atoms with Crippen molar-refractivity contribution in [2.45, 2.75) is 19.3 Å². The van der Waals surface area contributed by atoms with E-state index in [1.54, 1.807) is 48.9 Å². The third-order valence-corrected chi connectivity index (χ3v) is 5.11. The molecule has 1 aliphatic heterocycles. The molecule has 0 fully saturated rings. The van der Waals surface area contributed by atoms with Crippen LogP contribution in [-0.4, -0.2) is 15.8 Å². The summed E-state index contributed by atoms with van der Waals surface area (Å²) in [5.41, 5.74) is 1.54. The molecule has 1 aromatic heterocycles.